The zero-order chi connectivity index (χ0) is 30.4. The summed E-state index contributed by atoms with van der Waals surface area (Å²) in [6.07, 6.45) is -3.31. The van der Waals surface area contributed by atoms with Crippen LogP contribution in [0, 0.1) is 11.3 Å². The lowest BCUT2D eigenvalue weighted by Gasteiger charge is -2.39. The van der Waals surface area contributed by atoms with Gasteiger partial charge >= 0.3 is 12.1 Å². The molecular weight excluding hydrogens is 557 g/mol. The largest absolute Gasteiger partial charge is 0.458 e. The van der Waals surface area contributed by atoms with E-state index in [1.54, 1.807) is 37.6 Å². The van der Waals surface area contributed by atoms with Gasteiger partial charge in [-0.25, -0.2) is 4.79 Å². The summed E-state index contributed by atoms with van der Waals surface area (Å²) in [7, 11) is 0. The van der Waals surface area contributed by atoms with Crippen LogP contribution in [0.1, 0.15) is 56.0 Å². The number of hydrogen-bond acceptors (Lipinski definition) is 8. The van der Waals surface area contributed by atoms with Gasteiger partial charge in [0.25, 0.3) is 11.5 Å². The molecule has 2 aliphatic rings. The minimum atomic E-state index is -4.53. The van der Waals surface area contributed by atoms with Gasteiger partial charge in [-0.2, -0.15) is 23.5 Å². The molecule has 1 fully saturated rings. The van der Waals surface area contributed by atoms with Gasteiger partial charge in [0.05, 0.1) is 30.2 Å². The minimum Gasteiger partial charge on any atom is -0.458 e. The summed E-state index contributed by atoms with van der Waals surface area (Å²) in [6, 6.07) is 8.32. The Bertz CT molecular complexity index is 1640. The highest BCUT2D eigenvalue weighted by atomic mass is 19.4. The van der Waals surface area contributed by atoms with E-state index in [2.05, 4.69) is 21.5 Å². The molecule has 2 aromatic heterocycles. The molecule has 14 heteroatoms. The zero-order valence-electron chi connectivity index (χ0n) is 23.2. The standard InChI is InChI=1S/C28H29F3N6O5/c1-26(2,3)42-25(40)20-6-8-27(9-10-32,15-41-20)37-19-7-11-33-23(38)21(19)22(35-37)34-17-4-5-18-16(12-17)13-36(24(18)39)14-28(29,30)31/h4-5,7,11-12,20H,6,8-9,13-15H2,1-3H3,(H,33,38)(H,34,35)/t20-,27-/m0/s1. The van der Waals surface area contributed by atoms with Crippen LogP contribution in [0.4, 0.5) is 24.7 Å². The van der Waals surface area contributed by atoms with Gasteiger partial charge < -0.3 is 24.7 Å². The fourth-order valence-electron chi connectivity index (χ4n) is 5.36. The molecule has 1 aromatic carbocycles. The van der Waals surface area contributed by atoms with Gasteiger partial charge in [-0.3, -0.25) is 14.3 Å². The van der Waals surface area contributed by atoms with Gasteiger partial charge in [0.1, 0.15) is 17.5 Å². The summed E-state index contributed by atoms with van der Waals surface area (Å²) in [4.78, 5) is 41.4. The Morgan fingerprint density at radius 1 is 1.29 bits per heavy atom. The van der Waals surface area contributed by atoms with Crippen molar-refractivity contribution in [2.24, 2.45) is 0 Å². The van der Waals surface area contributed by atoms with Crippen LogP contribution in [0.5, 0.6) is 0 Å². The summed E-state index contributed by atoms with van der Waals surface area (Å²) in [5.74, 6) is -1.06. The number of carbonyl (C=O) groups excluding carboxylic acids is 2. The fourth-order valence-corrected chi connectivity index (χ4v) is 5.36. The number of alkyl halides is 3. The van der Waals surface area contributed by atoms with Crippen molar-refractivity contribution < 1.29 is 32.2 Å². The molecule has 5 rings (SSSR count). The van der Waals surface area contributed by atoms with Crippen LogP contribution < -0.4 is 10.9 Å². The van der Waals surface area contributed by atoms with Gasteiger partial charge in [-0.1, -0.05) is 0 Å². The smallest absolute Gasteiger partial charge is 0.406 e. The Morgan fingerprint density at radius 3 is 2.69 bits per heavy atom. The Morgan fingerprint density at radius 2 is 2.05 bits per heavy atom. The molecule has 0 aliphatic carbocycles. The number of rotatable bonds is 6. The van der Waals surface area contributed by atoms with Crippen molar-refractivity contribution in [2.75, 3.05) is 18.5 Å². The monoisotopic (exact) mass is 586 g/mol. The highest BCUT2D eigenvalue weighted by Gasteiger charge is 2.43. The highest BCUT2D eigenvalue weighted by Crippen LogP contribution is 2.38. The number of nitrogens with zero attached hydrogens (tertiary/aromatic N) is 4. The third-order valence-corrected chi connectivity index (χ3v) is 7.17. The molecule has 2 N–H and O–H groups in total. The van der Waals surface area contributed by atoms with Crippen LogP contribution in [0.15, 0.2) is 35.3 Å². The van der Waals surface area contributed by atoms with Crippen molar-refractivity contribution >= 4 is 34.3 Å². The molecule has 1 amide bonds. The average Bonchev–Trinajstić information content (AvgIpc) is 3.41. The van der Waals surface area contributed by atoms with E-state index in [9.17, 15) is 32.8 Å². The second-order valence-electron chi connectivity index (χ2n) is 11.5. The van der Waals surface area contributed by atoms with E-state index in [0.29, 0.717) is 23.2 Å². The number of pyridine rings is 1. The first kappa shape index (κ1) is 29.1. The number of halogens is 3. The number of aromatic amines is 1. The third kappa shape index (κ3) is 5.69. The van der Waals surface area contributed by atoms with Crippen molar-refractivity contribution in [3.8, 4) is 6.07 Å². The topological polar surface area (TPSA) is 142 Å². The second kappa shape index (κ2) is 10.5. The summed E-state index contributed by atoms with van der Waals surface area (Å²) in [5.41, 5.74) is -0.742. The zero-order valence-corrected chi connectivity index (χ0v) is 23.2. The van der Waals surface area contributed by atoms with Gasteiger partial charge in [0.2, 0.25) is 0 Å². The number of aromatic nitrogens is 3. The quantitative estimate of drug-likeness (QED) is 0.411. The molecule has 0 spiro atoms. The van der Waals surface area contributed by atoms with Crippen LogP contribution in [0.3, 0.4) is 0 Å². The van der Waals surface area contributed by atoms with Crippen molar-refractivity contribution in [3.05, 3.63) is 51.9 Å². The van der Waals surface area contributed by atoms with Crippen LogP contribution in [-0.4, -0.2) is 62.6 Å². The molecular formula is C28H29F3N6O5. The maximum absolute atomic E-state index is 13.0. The number of fused-ring (bicyclic) bond motifs is 2. The molecule has 42 heavy (non-hydrogen) atoms. The van der Waals surface area contributed by atoms with Crippen LogP contribution >= 0.6 is 0 Å². The molecule has 2 aliphatic heterocycles. The Labute approximate surface area is 238 Å². The number of hydrogen-bond donors (Lipinski definition) is 2. The van der Waals surface area contributed by atoms with E-state index in [4.69, 9.17) is 9.47 Å². The number of esters is 1. The van der Waals surface area contributed by atoms with E-state index in [-0.39, 0.29) is 42.8 Å². The van der Waals surface area contributed by atoms with Crippen molar-refractivity contribution in [3.63, 3.8) is 0 Å². The molecule has 4 heterocycles. The molecule has 0 radical (unpaired) electrons. The van der Waals surface area contributed by atoms with Crippen LogP contribution in [0.2, 0.25) is 0 Å². The Hall–Kier alpha value is -4.38. The van der Waals surface area contributed by atoms with E-state index >= 15 is 0 Å². The lowest BCUT2D eigenvalue weighted by molar-refractivity contribution is -0.176. The van der Waals surface area contributed by atoms with E-state index < -0.39 is 47.4 Å². The first-order valence-corrected chi connectivity index (χ1v) is 13.3. The third-order valence-electron chi connectivity index (χ3n) is 7.17. The molecule has 11 nitrogen and oxygen atoms in total. The molecule has 0 unspecified atom stereocenters. The second-order valence-corrected chi connectivity index (χ2v) is 11.5. The molecule has 1 saturated heterocycles. The maximum Gasteiger partial charge on any atom is 0.406 e. The SMILES string of the molecule is CC(C)(C)OC(=O)[C@@H]1CC[C@@](CC#N)(n2nc(Nc3ccc4c(c3)CN(CC(F)(F)F)C4=O)c3c(=O)[nH]ccc32)CO1. The van der Waals surface area contributed by atoms with E-state index in [1.165, 1.54) is 18.3 Å². The first-order valence-electron chi connectivity index (χ1n) is 13.3. The van der Waals surface area contributed by atoms with Gasteiger partial charge in [-0.15, -0.1) is 0 Å². The van der Waals surface area contributed by atoms with E-state index in [1.807, 2.05) is 0 Å². The van der Waals surface area contributed by atoms with Gasteiger partial charge in [0.15, 0.2) is 11.9 Å². The number of benzene rings is 1. The number of nitrogens with one attached hydrogen (secondary N) is 2. The molecule has 222 valence electrons. The fraction of sp³-hybridized carbons (Fsp3) is 0.464. The van der Waals surface area contributed by atoms with Crippen LogP contribution in [-0.2, 0) is 26.4 Å². The molecule has 0 bridgehead atoms. The summed E-state index contributed by atoms with van der Waals surface area (Å²) < 4.78 is 51.7. The summed E-state index contributed by atoms with van der Waals surface area (Å²) in [6.45, 7) is 3.67. The minimum absolute atomic E-state index is 0.0208. The Balaban J connectivity index is 1.46. The van der Waals surface area contributed by atoms with E-state index in [0.717, 1.165) is 4.90 Å². The number of nitriles is 1. The lowest BCUT2D eigenvalue weighted by Crippen LogP contribution is -2.47. The number of anilines is 2. The molecule has 2 atom stereocenters. The number of H-pyrrole nitrogens is 1. The number of carbonyl (C=O) groups is 2. The number of ether oxygens (including phenoxy) is 2. The lowest BCUT2D eigenvalue weighted by atomic mass is 9.87. The molecule has 3 aromatic rings. The van der Waals surface area contributed by atoms with Crippen molar-refractivity contribution in [2.45, 2.75) is 70.0 Å². The maximum atomic E-state index is 13.0. The number of amides is 1. The highest BCUT2D eigenvalue weighted by molar-refractivity contribution is 5.99. The predicted molar refractivity (Wildman–Crippen MR) is 144 cm³/mol. The van der Waals surface area contributed by atoms with Crippen LogP contribution in [0.25, 0.3) is 10.9 Å². The first-order chi connectivity index (χ1) is 19.7. The van der Waals surface area contributed by atoms with Gasteiger partial charge in [0, 0.05) is 24.0 Å². The predicted octanol–water partition coefficient (Wildman–Crippen LogP) is 4.12. The molecule has 0 saturated carbocycles. The van der Waals surface area contributed by atoms with Crippen molar-refractivity contribution in [1.82, 2.24) is 19.7 Å². The average molecular weight is 587 g/mol. The summed E-state index contributed by atoms with van der Waals surface area (Å²) >= 11 is 0. The summed E-state index contributed by atoms with van der Waals surface area (Å²) in [5, 5.41) is 17.7. The van der Waals surface area contributed by atoms with Crippen molar-refractivity contribution in [1.29, 1.82) is 5.26 Å². The van der Waals surface area contributed by atoms with Gasteiger partial charge in [-0.05, 0) is 63.4 Å². The normalized spacial score (nSPS) is 20.8. The Kier molecular flexibility index (Phi) is 7.26.